The summed E-state index contributed by atoms with van der Waals surface area (Å²) in [5.41, 5.74) is 0.788. The first-order valence-corrected chi connectivity index (χ1v) is 13.0. The fourth-order valence-electron chi connectivity index (χ4n) is 3.54. The molecular weight excluding hydrogens is 469 g/mol. The number of fused-ring (bicyclic) bond motifs is 1. The van der Waals surface area contributed by atoms with Crippen molar-refractivity contribution < 1.29 is 27.4 Å². The van der Waals surface area contributed by atoms with E-state index in [2.05, 4.69) is 11.9 Å². The average Bonchev–Trinajstić information content (AvgIpc) is 2.89. The number of aliphatic carboxylic acids is 1. The normalized spacial score (nSPS) is 18.5. The van der Waals surface area contributed by atoms with Gasteiger partial charge in [-0.1, -0.05) is 38.0 Å². The third kappa shape index (κ3) is 5.31. The highest BCUT2D eigenvalue weighted by Crippen LogP contribution is 2.41. The second kappa shape index (κ2) is 10.5. The summed E-state index contributed by atoms with van der Waals surface area (Å²) in [7, 11) is -2.43. The Morgan fingerprint density at radius 2 is 2.06 bits per heavy atom. The number of para-hydroxylation sites is 1. The smallest absolute Gasteiger partial charge is 0.368 e. The highest BCUT2D eigenvalue weighted by atomic mass is 32.2. The monoisotopic (exact) mass is 495 g/mol. The number of halogens is 1. The second-order valence-corrected chi connectivity index (χ2v) is 10.2. The second-order valence-electron chi connectivity index (χ2n) is 7.47. The number of carboxylic acid groups (broad SMARTS) is 1. The molecule has 0 spiro atoms. The third-order valence-corrected chi connectivity index (χ3v) is 7.96. The molecule has 2 heterocycles. The van der Waals surface area contributed by atoms with Crippen molar-refractivity contribution in [2.75, 3.05) is 24.7 Å². The summed E-state index contributed by atoms with van der Waals surface area (Å²) < 4.78 is 47.2. The largest absolute Gasteiger partial charge is 0.476 e. The zero-order valence-corrected chi connectivity index (χ0v) is 20.2. The Bertz CT molecular complexity index is 1140. The number of aromatic nitrogens is 1. The SMILES string of the molecule is CCCC[C@@H]1CN(c2ccccc2)c2nc(SC)c(O/C=C(\F)C(=O)O)cc2S(=O)(=O)N1C. The molecule has 0 unspecified atom stereocenters. The Balaban J connectivity index is 2.21. The van der Waals surface area contributed by atoms with Crippen molar-refractivity contribution in [2.24, 2.45) is 0 Å². The fraction of sp³-hybridized carbons (Fsp3) is 0.364. The topological polar surface area (TPSA) is 100 Å². The summed E-state index contributed by atoms with van der Waals surface area (Å²) in [6.07, 6.45) is 4.61. The number of thioether (sulfide) groups is 1. The highest BCUT2D eigenvalue weighted by Gasteiger charge is 2.38. The number of nitrogens with zero attached hydrogens (tertiary/aromatic N) is 3. The van der Waals surface area contributed by atoms with Gasteiger partial charge in [-0.2, -0.15) is 8.70 Å². The minimum absolute atomic E-state index is 0.0466. The van der Waals surface area contributed by atoms with Gasteiger partial charge in [-0.05, 0) is 24.8 Å². The first-order chi connectivity index (χ1) is 15.7. The lowest BCUT2D eigenvalue weighted by Crippen LogP contribution is -2.40. The van der Waals surface area contributed by atoms with Crippen LogP contribution in [-0.4, -0.2) is 54.7 Å². The molecule has 1 aromatic carbocycles. The Hall–Kier alpha value is -2.63. The van der Waals surface area contributed by atoms with E-state index in [1.807, 2.05) is 35.2 Å². The van der Waals surface area contributed by atoms with Crippen molar-refractivity contribution in [3.63, 3.8) is 0 Å². The molecule has 8 nitrogen and oxygen atoms in total. The third-order valence-electron chi connectivity index (χ3n) is 5.37. The van der Waals surface area contributed by atoms with Crippen molar-refractivity contribution in [3.8, 4) is 5.75 Å². The number of rotatable bonds is 8. The Morgan fingerprint density at radius 1 is 1.36 bits per heavy atom. The van der Waals surface area contributed by atoms with Crippen LogP contribution in [0.15, 0.2) is 58.4 Å². The molecule has 0 radical (unpaired) electrons. The minimum atomic E-state index is -3.97. The van der Waals surface area contributed by atoms with Crippen LogP contribution in [0.25, 0.3) is 0 Å². The van der Waals surface area contributed by atoms with Crippen LogP contribution in [0, 0.1) is 0 Å². The van der Waals surface area contributed by atoms with Gasteiger partial charge in [-0.15, -0.1) is 11.8 Å². The number of anilines is 2. The van der Waals surface area contributed by atoms with E-state index in [1.165, 1.54) is 22.1 Å². The van der Waals surface area contributed by atoms with Crippen LogP contribution in [0.3, 0.4) is 0 Å². The number of ether oxygens (including phenoxy) is 1. The summed E-state index contributed by atoms with van der Waals surface area (Å²) in [5.74, 6) is -3.10. The molecule has 178 valence electrons. The number of hydrogen-bond acceptors (Lipinski definition) is 7. The predicted molar refractivity (Wildman–Crippen MR) is 125 cm³/mol. The Labute approximate surface area is 197 Å². The van der Waals surface area contributed by atoms with E-state index in [0.29, 0.717) is 24.3 Å². The summed E-state index contributed by atoms with van der Waals surface area (Å²) in [6.45, 7) is 2.45. The molecule has 0 bridgehead atoms. The number of sulfonamides is 1. The molecule has 2 aromatic rings. The summed E-state index contributed by atoms with van der Waals surface area (Å²) >= 11 is 1.18. The van der Waals surface area contributed by atoms with E-state index in [4.69, 9.17) is 9.84 Å². The minimum Gasteiger partial charge on any atom is -0.476 e. The van der Waals surface area contributed by atoms with Gasteiger partial charge in [0, 0.05) is 31.4 Å². The standard InChI is InChI=1S/C22H26FN3O5S2/c1-4-5-9-16-13-26(15-10-7-6-8-11-15)20-19(33(29,30)25(16)2)12-18(21(24-20)32-3)31-14-17(23)22(27)28/h6-8,10-12,14,16H,4-5,9,13H2,1-3H3,(H,27,28)/b17-14-/t16-/m1/s1. The number of unbranched alkanes of at least 4 members (excludes halogenated alkanes) is 1. The van der Waals surface area contributed by atoms with Crippen molar-refractivity contribution in [3.05, 3.63) is 48.5 Å². The molecule has 1 aromatic heterocycles. The maximum absolute atomic E-state index is 13.6. The molecule has 33 heavy (non-hydrogen) atoms. The fourth-order valence-corrected chi connectivity index (χ4v) is 5.55. The zero-order valence-electron chi connectivity index (χ0n) is 18.6. The van der Waals surface area contributed by atoms with Crippen molar-refractivity contribution in [1.29, 1.82) is 0 Å². The first kappa shape index (κ1) is 25.0. The van der Waals surface area contributed by atoms with E-state index in [-0.39, 0.29) is 22.5 Å². The molecule has 11 heteroatoms. The molecule has 0 fully saturated rings. The quantitative estimate of drug-likeness (QED) is 0.327. The molecule has 1 N–H and O–H groups in total. The first-order valence-electron chi connectivity index (χ1n) is 10.4. The van der Waals surface area contributed by atoms with E-state index >= 15 is 0 Å². The molecule has 0 aliphatic carbocycles. The van der Waals surface area contributed by atoms with Crippen LogP contribution < -0.4 is 9.64 Å². The maximum Gasteiger partial charge on any atom is 0.368 e. The lowest BCUT2D eigenvalue weighted by molar-refractivity contribution is -0.134. The van der Waals surface area contributed by atoms with Crippen LogP contribution in [0.1, 0.15) is 26.2 Å². The van der Waals surface area contributed by atoms with Gasteiger partial charge in [0.2, 0.25) is 15.9 Å². The van der Waals surface area contributed by atoms with Gasteiger partial charge >= 0.3 is 5.97 Å². The van der Waals surface area contributed by atoms with E-state index in [0.717, 1.165) is 18.5 Å². The van der Waals surface area contributed by atoms with Gasteiger partial charge in [-0.25, -0.2) is 18.2 Å². The lowest BCUT2D eigenvalue weighted by Gasteiger charge is -2.29. The number of carbonyl (C=O) groups is 1. The molecule has 1 atom stereocenters. The summed E-state index contributed by atoms with van der Waals surface area (Å²) in [6, 6.07) is 10.4. The van der Waals surface area contributed by atoms with Gasteiger partial charge in [0.05, 0.1) is 0 Å². The number of likely N-dealkylation sites (N-methyl/N-ethyl adjacent to an activating group) is 1. The van der Waals surface area contributed by atoms with Gasteiger partial charge in [0.25, 0.3) is 0 Å². The predicted octanol–water partition coefficient (Wildman–Crippen LogP) is 4.41. The van der Waals surface area contributed by atoms with Gasteiger partial charge in [-0.3, -0.25) is 0 Å². The van der Waals surface area contributed by atoms with Gasteiger partial charge < -0.3 is 14.7 Å². The maximum atomic E-state index is 13.6. The molecule has 0 saturated heterocycles. The number of benzene rings is 1. The number of carboxylic acids is 1. The molecule has 1 aliphatic heterocycles. The van der Waals surface area contributed by atoms with Crippen molar-refractivity contribution in [2.45, 2.75) is 42.1 Å². The summed E-state index contributed by atoms with van der Waals surface area (Å²) in [5, 5.41) is 9.04. The highest BCUT2D eigenvalue weighted by molar-refractivity contribution is 7.98. The number of pyridine rings is 1. The van der Waals surface area contributed by atoms with Crippen molar-refractivity contribution in [1.82, 2.24) is 9.29 Å². The van der Waals surface area contributed by atoms with Crippen LogP contribution in [-0.2, 0) is 14.8 Å². The Kier molecular flexibility index (Phi) is 7.98. The van der Waals surface area contributed by atoms with E-state index in [1.54, 1.807) is 13.3 Å². The molecular formula is C22H26FN3O5S2. The zero-order chi connectivity index (χ0) is 24.2. The van der Waals surface area contributed by atoms with Gasteiger partial charge in [0.1, 0.15) is 16.2 Å². The van der Waals surface area contributed by atoms with Crippen LogP contribution in [0.2, 0.25) is 0 Å². The van der Waals surface area contributed by atoms with E-state index < -0.39 is 21.8 Å². The average molecular weight is 496 g/mol. The van der Waals surface area contributed by atoms with E-state index in [9.17, 15) is 17.6 Å². The van der Waals surface area contributed by atoms with Gasteiger partial charge in [0.15, 0.2) is 11.6 Å². The lowest BCUT2D eigenvalue weighted by atomic mass is 10.1. The number of hydrogen-bond donors (Lipinski definition) is 1. The molecule has 3 rings (SSSR count). The van der Waals surface area contributed by atoms with Crippen LogP contribution >= 0.6 is 11.8 Å². The molecule has 1 aliphatic rings. The van der Waals surface area contributed by atoms with Crippen molar-refractivity contribution >= 4 is 39.3 Å². The molecule has 0 saturated carbocycles. The van der Waals surface area contributed by atoms with Crippen LogP contribution in [0.5, 0.6) is 5.75 Å². The van der Waals surface area contributed by atoms with Crippen LogP contribution in [0.4, 0.5) is 15.9 Å². The molecule has 0 amide bonds. The summed E-state index contributed by atoms with van der Waals surface area (Å²) in [4.78, 5) is 17.1. The Morgan fingerprint density at radius 3 is 2.67 bits per heavy atom.